The van der Waals surface area contributed by atoms with Gasteiger partial charge < -0.3 is 0 Å². The summed E-state index contributed by atoms with van der Waals surface area (Å²) in [7, 11) is 0. The summed E-state index contributed by atoms with van der Waals surface area (Å²) < 4.78 is 0. The normalized spacial score (nSPS) is 10.3. The number of nitrogens with zero attached hydrogens (tertiary/aromatic N) is 2. The van der Waals surface area contributed by atoms with E-state index >= 15 is 0 Å². The van der Waals surface area contributed by atoms with E-state index in [0.717, 1.165) is 15.6 Å². The number of nitrogens with one attached hydrogen (secondary N) is 1. The van der Waals surface area contributed by atoms with Gasteiger partial charge in [0.15, 0.2) is 0 Å². The van der Waals surface area contributed by atoms with Gasteiger partial charge in [-0.15, -0.1) is 11.3 Å². The van der Waals surface area contributed by atoms with Crippen LogP contribution in [0.25, 0.3) is 10.6 Å². The first kappa shape index (κ1) is 6.54. The third-order valence-corrected chi connectivity index (χ3v) is 2.33. The molecule has 0 bridgehead atoms. The monoisotopic (exact) mass is 165 g/mol. The predicted molar refractivity (Wildman–Crippen MR) is 44.4 cm³/mol. The molecule has 0 aliphatic rings. The summed E-state index contributed by atoms with van der Waals surface area (Å²) in [6.45, 7) is 1.99. The minimum atomic E-state index is 1.04. The van der Waals surface area contributed by atoms with E-state index in [2.05, 4.69) is 15.2 Å². The van der Waals surface area contributed by atoms with Crippen molar-refractivity contribution in [1.29, 1.82) is 0 Å². The second-order valence-corrected chi connectivity index (χ2v) is 3.45. The van der Waals surface area contributed by atoms with Gasteiger partial charge in [0.25, 0.3) is 0 Å². The van der Waals surface area contributed by atoms with Gasteiger partial charge in [0.1, 0.15) is 0 Å². The maximum Gasteiger partial charge on any atom is 0.0901 e. The third kappa shape index (κ3) is 1.17. The summed E-state index contributed by atoms with van der Waals surface area (Å²) >= 11 is 1.66. The average Bonchev–Trinajstić information content (AvgIpc) is 2.55. The number of H-pyrrole nitrogens is 1. The highest BCUT2D eigenvalue weighted by Crippen LogP contribution is 2.22. The highest BCUT2D eigenvalue weighted by Gasteiger charge is 2.00. The summed E-state index contributed by atoms with van der Waals surface area (Å²) in [5, 5.41) is 7.83. The molecule has 2 heterocycles. The highest BCUT2D eigenvalue weighted by atomic mass is 32.1. The van der Waals surface area contributed by atoms with Gasteiger partial charge in [0.2, 0.25) is 0 Å². The Morgan fingerprint density at radius 1 is 1.55 bits per heavy atom. The second kappa shape index (κ2) is 2.47. The van der Waals surface area contributed by atoms with Crippen molar-refractivity contribution >= 4 is 11.3 Å². The van der Waals surface area contributed by atoms with Crippen LogP contribution in [0, 0.1) is 6.92 Å². The summed E-state index contributed by atoms with van der Waals surface area (Å²) in [5.41, 5.74) is 1.04. The Kier molecular flexibility index (Phi) is 1.47. The third-order valence-electron chi connectivity index (χ3n) is 1.39. The fraction of sp³-hybridized carbons (Fsp3) is 0.143. The van der Waals surface area contributed by atoms with Crippen LogP contribution in [-0.2, 0) is 0 Å². The van der Waals surface area contributed by atoms with Crippen LogP contribution in [0.3, 0.4) is 0 Å². The number of aromatic nitrogens is 3. The van der Waals surface area contributed by atoms with Crippen molar-refractivity contribution in [1.82, 2.24) is 15.2 Å². The molecule has 4 heteroatoms. The topological polar surface area (TPSA) is 41.6 Å². The molecule has 0 atom stereocenters. The van der Waals surface area contributed by atoms with Gasteiger partial charge in [0.05, 0.1) is 15.6 Å². The Hall–Kier alpha value is -1.16. The second-order valence-electron chi connectivity index (χ2n) is 2.21. The maximum absolute atomic E-state index is 4.14. The van der Waals surface area contributed by atoms with Gasteiger partial charge in [-0.25, -0.2) is 4.98 Å². The molecular formula is C7H7N3S. The number of hydrogen-bond donors (Lipinski definition) is 1. The molecule has 3 nitrogen and oxygen atoms in total. The molecular weight excluding hydrogens is 158 g/mol. The molecule has 0 spiro atoms. The molecule has 0 amide bonds. The van der Waals surface area contributed by atoms with E-state index in [1.807, 2.05) is 19.2 Å². The van der Waals surface area contributed by atoms with Crippen molar-refractivity contribution in [2.24, 2.45) is 0 Å². The quantitative estimate of drug-likeness (QED) is 0.700. The largest absolute Gasteiger partial charge is 0.277 e. The fourth-order valence-electron chi connectivity index (χ4n) is 0.879. The zero-order valence-corrected chi connectivity index (χ0v) is 6.85. The molecule has 0 radical (unpaired) electrons. The van der Waals surface area contributed by atoms with E-state index in [-0.39, 0.29) is 0 Å². The Morgan fingerprint density at radius 2 is 2.45 bits per heavy atom. The molecule has 2 aromatic heterocycles. The lowest BCUT2D eigenvalue weighted by Gasteiger charge is -1.84. The minimum Gasteiger partial charge on any atom is -0.277 e. The lowest BCUT2D eigenvalue weighted by molar-refractivity contribution is 1.10. The molecule has 2 aromatic rings. The van der Waals surface area contributed by atoms with E-state index in [1.165, 1.54) is 0 Å². The highest BCUT2D eigenvalue weighted by molar-refractivity contribution is 7.15. The van der Waals surface area contributed by atoms with Crippen LogP contribution in [0.15, 0.2) is 18.5 Å². The van der Waals surface area contributed by atoms with Crippen molar-refractivity contribution in [3.05, 3.63) is 23.5 Å². The van der Waals surface area contributed by atoms with Crippen LogP contribution in [0.1, 0.15) is 5.01 Å². The van der Waals surface area contributed by atoms with Gasteiger partial charge in [-0.2, -0.15) is 5.10 Å². The molecule has 0 unspecified atom stereocenters. The SMILES string of the molecule is Cc1ncc(-c2ccn[nH]2)s1. The molecule has 0 saturated carbocycles. The number of rotatable bonds is 1. The van der Waals surface area contributed by atoms with Gasteiger partial charge in [-0.3, -0.25) is 5.10 Å². The molecule has 0 saturated heterocycles. The first-order chi connectivity index (χ1) is 5.36. The molecule has 0 aliphatic carbocycles. The predicted octanol–water partition coefficient (Wildman–Crippen LogP) is 1.84. The van der Waals surface area contributed by atoms with E-state index in [0.29, 0.717) is 0 Å². The smallest absolute Gasteiger partial charge is 0.0901 e. The Labute approximate surface area is 68.1 Å². The molecule has 0 aromatic carbocycles. The van der Waals surface area contributed by atoms with Gasteiger partial charge >= 0.3 is 0 Å². The number of hydrogen-bond acceptors (Lipinski definition) is 3. The molecule has 0 aliphatic heterocycles. The van der Waals surface area contributed by atoms with E-state index < -0.39 is 0 Å². The van der Waals surface area contributed by atoms with Crippen LogP contribution in [0.4, 0.5) is 0 Å². The first-order valence-electron chi connectivity index (χ1n) is 3.28. The standard InChI is InChI=1S/C7H7N3S/c1-5-8-4-7(11-5)6-2-3-9-10-6/h2-4H,1H3,(H,9,10). The number of aryl methyl sites for hydroxylation is 1. The van der Waals surface area contributed by atoms with Crippen LogP contribution in [-0.4, -0.2) is 15.2 Å². The summed E-state index contributed by atoms with van der Waals surface area (Å²) in [6.07, 6.45) is 3.60. The van der Waals surface area contributed by atoms with E-state index in [1.54, 1.807) is 17.5 Å². The van der Waals surface area contributed by atoms with Crippen LogP contribution < -0.4 is 0 Å². The summed E-state index contributed by atoms with van der Waals surface area (Å²) in [4.78, 5) is 5.28. The van der Waals surface area contributed by atoms with Gasteiger partial charge in [-0.05, 0) is 13.0 Å². The summed E-state index contributed by atoms with van der Waals surface area (Å²) in [5.74, 6) is 0. The Balaban J connectivity index is 2.45. The van der Waals surface area contributed by atoms with Crippen LogP contribution >= 0.6 is 11.3 Å². The lowest BCUT2D eigenvalue weighted by atomic mass is 10.4. The van der Waals surface area contributed by atoms with Crippen LogP contribution in [0.2, 0.25) is 0 Å². The minimum absolute atomic E-state index is 1.04. The van der Waals surface area contributed by atoms with Gasteiger partial charge in [0, 0.05) is 12.4 Å². The molecule has 1 N–H and O–H groups in total. The maximum atomic E-state index is 4.14. The summed E-state index contributed by atoms with van der Waals surface area (Å²) in [6, 6.07) is 1.94. The lowest BCUT2D eigenvalue weighted by Crippen LogP contribution is -1.69. The molecule has 2 rings (SSSR count). The van der Waals surface area contributed by atoms with Crippen LogP contribution in [0.5, 0.6) is 0 Å². The molecule has 0 fully saturated rings. The van der Waals surface area contributed by atoms with Crippen molar-refractivity contribution in [2.45, 2.75) is 6.92 Å². The molecule has 56 valence electrons. The van der Waals surface area contributed by atoms with E-state index in [4.69, 9.17) is 0 Å². The Bertz CT molecular complexity index is 336. The van der Waals surface area contributed by atoms with E-state index in [9.17, 15) is 0 Å². The Morgan fingerprint density at radius 3 is 3.00 bits per heavy atom. The van der Waals surface area contributed by atoms with Gasteiger partial charge in [-0.1, -0.05) is 0 Å². The van der Waals surface area contributed by atoms with Crippen molar-refractivity contribution in [3.8, 4) is 10.6 Å². The number of thiazole rings is 1. The zero-order valence-electron chi connectivity index (χ0n) is 6.03. The average molecular weight is 165 g/mol. The van der Waals surface area contributed by atoms with Crippen molar-refractivity contribution in [2.75, 3.05) is 0 Å². The zero-order chi connectivity index (χ0) is 7.68. The van der Waals surface area contributed by atoms with Crippen molar-refractivity contribution in [3.63, 3.8) is 0 Å². The first-order valence-corrected chi connectivity index (χ1v) is 4.10. The van der Waals surface area contributed by atoms with Crippen molar-refractivity contribution < 1.29 is 0 Å². The number of aromatic amines is 1. The molecule has 11 heavy (non-hydrogen) atoms. The fourth-order valence-corrected chi connectivity index (χ4v) is 1.63.